The first-order valence-corrected chi connectivity index (χ1v) is 28.3. The van der Waals surface area contributed by atoms with Crippen molar-refractivity contribution in [1.82, 2.24) is 9.97 Å². The van der Waals surface area contributed by atoms with E-state index in [1.807, 2.05) is 0 Å². The Morgan fingerprint density at radius 3 is 1.59 bits per heavy atom. The van der Waals surface area contributed by atoms with E-state index >= 15 is 0 Å². The van der Waals surface area contributed by atoms with Crippen molar-refractivity contribution in [3.8, 4) is 78.4 Å². The highest BCUT2D eigenvalue weighted by Crippen LogP contribution is 2.55. The molecular formula is C73H72N2. The van der Waals surface area contributed by atoms with E-state index in [1.165, 1.54) is 156 Å². The molecule has 0 saturated heterocycles. The van der Waals surface area contributed by atoms with E-state index in [0.717, 1.165) is 50.6 Å². The van der Waals surface area contributed by atoms with Gasteiger partial charge in [-0.15, -0.1) is 0 Å². The highest BCUT2D eigenvalue weighted by molar-refractivity contribution is 6.04. The van der Waals surface area contributed by atoms with Gasteiger partial charge in [0.1, 0.15) is 0 Å². The molecule has 0 fully saturated rings. The fourth-order valence-corrected chi connectivity index (χ4v) is 12.3. The zero-order valence-electron chi connectivity index (χ0n) is 44.8. The van der Waals surface area contributed by atoms with E-state index in [4.69, 9.17) is 9.97 Å². The van der Waals surface area contributed by atoms with E-state index in [1.54, 1.807) is 5.56 Å². The lowest BCUT2D eigenvalue weighted by Gasteiger charge is -2.33. The molecule has 11 rings (SSSR count). The van der Waals surface area contributed by atoms with E-state index in [2.05, 4.69) is 222 Å². The van der Waals surface area contributed by atoms with E-state index in [-0.39, 0.29) is 5.41 Å². The molecule has 0 saturated carbocycles. The Bertz CT molecular complexity index is 3590. The molecule has 0 bridgehead atoms. The Morgan fingerprint density at radius 1 is 0.320 bits per heavy atom. The lowest BCUT2D eigenvalue weighted by molar-refractivity contribution is 0.398. The fraction of sp³-hybridized carbons (Fsp3) is 0.260. The predicted molar refractivity (Wildman–Crippen MR) is 321 cm³/mol. The third-order valence-electron chi connectivity index (χ3n) is 16.4. The van der Waals surface area contributed by atoms with Gasteiger partial charge < -0.3 is 0 Å². The van der Waals surface area contributed by atoms with Crippen molar-refractivity contribution >= 4 is 21.5 Å². The molecule has 1 heterocycles. The molecule has 374 valence electrons. The minimum absolute atomic E-state index is 0.0539. The summed E-state index contributed by atoms with van der Waals surface area (Å²) in [5, 5.41) is 4.85. The molecule has 0 aliphatic heterocycles. The number of rotatable bonds is 20. The van der Waals surface area contributed by atoms with Crippen LogP contribution < -0.4 is 0 Å². The second kappa shape index (κ2) is 22.6. The maximum atomic E-state index is 5.71. The normalized spacial score (nSPS) is 12.6. The minimum atomic E-state index is -0.0539. The standard InChI is InChI=1S/C73H72N2/c1-5-7-9-11-13-20-42-73(43-21-14-12-10-8-6-2)68-44-52(4)34-40-65(68)66-41-39-58(49-69(66)73)70-50-71(67-31-23-29-63-62(28-22-30-64(63)67)55-35-32-51(3)33-36-55)75-72(74-70)61-47-59(53-24-16-15-17-25-53)46-60(48-61)57-38-37-54-26-18-19-27-56(54)45-57/h15-19,22-41,44-50H,5-14,20-21,42-43H2,1-4H3. The summed E-state index contributed by atoms with van der Waals surface area (Å²) in [6.07, 6.45) is 17.9. The summed E-state index contributed by atoms with van der Waals surface area (Å²) in [4.78, 5) is 11.4. The number of hydrogen-bond donors (Lipinski definition) is 0. The molecule has 0 spiro atoms. The first kappa shape index (κ1) is 49.8. The maximum Gasteiger partial charge on any atom is 0.160 e. The zero-order chi connectivity index (χ0) is 51.1. The van der Waals surface area contributed by atoms with Gasteiger partial charge in [0.2, 0.25) is 0 Å². The first-order chi connectivity index (χ1) is 36.9. The Labute approximate surface area is 447 Å². The molecule has 75 heavy (non-hydrogen) atoms. The van der Waals surface area contributed by atoms with Crippen LogP contribution >= 0.6 is 0 Å². The van der Waals surface area contributed by atoms with Crippen LogP contribution in [0.2, 0.25) is 0 Å². The Hall–Kier alpha value is -7.42. The van der Waals surface area contributed by atoms with Gasteiger partial charge in [0.15, 0.2) is 5.82 Å². The van der Waals surface area contributed by atoms with Crippen LogP contribution in [0.15, 0.2) is 194 Å². The van der Waals surface area contributed by atoms with Crippen LogP contribution in [0, 0.1) is 13.8 Å². The smallest absolute Gasteiger partial charge is 0.160 e. The summed E-state index contributed by atoms with van der Waals surface area (Å²) >= 11 is 0. The van der Waals surface area contributed by atoms with Crippen LogP contribution in [0.5, 0.6) is 0 Å². The summed E-state index contributed by atoms with van der Waals surface area (Å²) < 4.78 is 0. The average Bonchev–Trinajstić information content (AvgIpc) is 3.74. The van der Waals surface area contributed by atoms with Gasteiger partial charge in [-0.25, -0.2) is 9.97 Å². The highest BCUT2D eigenvalue weighted by atomic mass is 14.9. The topological polar surface area (TPSA) is 25.8 Å². The highest BCUT2D eigenvalue weighted by Gasteiger charge is 2.42. The Balaban J connectivity index is 1.10. The third kappa shape index (κ3) is 10.5. The van der Waals surface area contributed by atoms with Crippen molar-refractivity contribution in [2.45, 2.75) is 123 Å². The van der Waals surface area contributed by atoms with Crippen LogP contribution in [0.3, 0.4) is 0 Å². The number of fused-ring (bicyclic) bond motifs is 5. The summed E-state index contributed by atoms with van der Waals surface area (Å²) in [6, 6.07) is 72.5. The molecule has 0 unspecified atom stereocenters. The van der Waals surface area contributed by atoms with Crippen LogP contribution in [-0.4, -0.2) is 9.97 Å². The molecule has 10 aromatic rings. The summed E-state index contributed by atoms with van der Waals surface area (Å²) in [5.74, 6) is 0.721. The number of aromatic nitrogens is 2. The van der Waals surface area contributed by atoms with Crippen LogP contribution in [0.4, 0.5) is 0 Å². The quantitative estimate of drug-likeness (QED) is 0.0711. The number of nitrogens with zero attached hydrogens (tertiary/aromatic N) is 2. The molecule has 1 aliphatic carbocycles. The van der Waals surface area contributed by atoms with Gasteiger partial charge in [0.05, 0.1) is 11.4 Å². The number of benzene rings is 9. The van der Waals surface area contributed by atoms with Crippen molar-refractivity contribution in [3.63, 3.8) is 0 Å². The van der Waals surface area contributed by atoms with Crippen molar-refractivity contribution in [1.29, 1.82) is 0 Å². The Kier molecular flexibility index (Phi) is 15.0. The molecule has 0 N–H and O–H groups in total. The average molecular weight is 977 g/mol. The van der Waals surface area contributed by atoms with Crippen molar-refractivity contribution in [3.05, 3.63) is 216 Å². The molecular weight excluding hydrogens is 905 g/mol. The zero-order valence-corrected chi connectivity index (χ0v) is 44.8. The SMILES string of the molecule is CCCCCCCCC1(CCCCCCCC)c2cc(C)ccc2-c2ccc(-c3cc(-c4cccc5c(-c6ccc(C)cc6)cccc45)nc(-c4cc(-c5ccccc5)cc(-c5ccc6ccccc6c5)c4)n3)cc21. The van der Waals surface area contributed by atoms with Gasteiger partial charge in [-0.1, -0.05) is 260 Å². The van der Waals surface area contributed by atoms with E-state index in [9.17, 15) is 0 Å². The van der Waals surface area contributed by atoms with Crippen molar-refractivity contribution in [2.75, 3.05) is 0 Å². The third-order valence-corrected chi connectivity index (χ3v) is 16.4. The first-order valence-electron chi connectivity index (χ1n) is 28.3. The second-order valence-corrected chi connectivity index (χ2v) is 21.7. The predicted octanol–water partition coefficient (Wildman–Crippen LogP) is 21.2. The lowest BCUT2D eigenvalue weighted by atomic mass is 9.70. The molecule has 1 aromatic heterocycles. The summed E-state index contributed by atoms with van der Waals surface area (Å²) in [6.45, 7) is 9.08. The van der Waals surface area contributed by atoms with Gasteiger partial charge in [-0.3, -0.25) is 0 Å². The van der Waals surface area contributed by atoms with Gasteiger partial charge in [-0.2, -0.15) is 0 Å². The number of hydrogen-bond acceptors (Lipinski definition) is 2. The van der Waals surface area contributed by atoms with Gasteiger partial charge in [0.25, 0.3) is 0 Å². The van der Waals surface area contributed by atoms with Gasteiger partial charge in [-0.05, 0) is 140 Å². The minimum Gasteiger partial charge on any atom is -0.228 e. The molecule has 9 aromatic carbocycles. The monoisotopic (exact) mass is 977 g/mol. The van der Waals surface area contributed by atoms with Gasteiger partial charge in [0, 0.05) is 22.1 Å². The lowest BCUT2D eigenvalue weighted by Crippen LogP contribution is -2.25. The number of unbranched alkanes of at least 4 members (excludes halogenated alkanes) is 10. The molecule has 0 radical (unpaired) electrons. The molecule has 0 atom stereocenters. The number of aryl methyl sites for hydroxylation is 2. The summed E-state index contributed by atoms with van der Waals surface area (Å²) in [5.41, 5.74) is 20.6. The van der Waals surface area contributed by atoms with E-state index in [0.29, 0.717) is 0 Å². The van der Waals surface area contributed by atoms with Crippen LogP contribution in [-0.2, 0) is 5.41 Å². The second-order valence-electron chi connectivity index (χ2n) is 21.7. The molecule has 2 nitrogen and oxygen atoms in total. The van der Waals surface area contributed by atoms with E-state index < -0.39 is 0 Å². The Morgan fingerprint density at radius 2 is 0.867 bits per heavy atom. The van der Waals surface area contributed by atoms with Crippen LogP contribution in [0.1, 0.15) is 126 Å². The van der Waals surface area contributed by atoms with Crippen LogP contribution in [0.25, 0.3) is 100.0 Å². The van der Waals surface area contributed by atoms with Crippen molar-refractivity contribution < 1.29 is 0 Å². The van der Waals surface area contributed by atoms with Gasteiger partial charge >= 0.3 is 0 Å². The maximum absolute atomic E-state index is 5.71. The molecule has 1 aliphatic rings. The molecule has 0 amide bonds. The largest absolute Gasteiger partial charge is 0.228 e. The summed E-state index contributed by atoms with van der Waals surface area (Å²) in [7, 11) is 0. The molecule has 2 heteroatoms. The fourth-order valence-electron chi connectivity index (χ4n) is 12.3. The van der Waals surface area contributed by atoms with Crippen molar-refractivity contribution in [2.24, 2.45) is 0 Å².